The lowest BCUT2D eigenvalue weighted by Gasteiger charge is -2.61. The molecule has 3 aliphatic carbocycles. The summed E-state index contributed by atoms with van der Waals surface area (Å²) in [5.41, 5.74) is 0.838. The number of aromatic nitrogens is 5. The maximum absolute atomic E-state index is 15.0. The van der Waals surface area contributed by atoms with Crippen LogP contribution in [0.15, 0.2) is 18.5 Å². The average Bonchev–Trinajstić information content (AvgIpc) is 3.47. The number of alkyl halides is 1. The van der Waals surface area contributed by atoms with Crippen molar-refractivity contribution in [1.29, 1.82) is 0 Å². The Hall–Kier alpha value is -3.32. The summed E-state index contributed by atoms with van der Waals surface area (Å²) in [7, 11) is 1.52. The third-order valence-corrected chi connectivity index (χ3v) is 6.68. The average molecular weight is 475 g/mol. The van der Waals surface area contributed by atoms with Crippen LogP contribution < -0.4 is 10.6 Å². The first kappa shape index (κ1) is 21.2. The Balaban J connectivity index is 1.12. The highest BCUT2D eigenvalue weighted by molar-refractivity contribution is 5.69. The maximum atomic E-state index is 15.0. The zero-order valence-electron chi connectivity index (χ0n) is 18.3. The molecule has 180 valence electrons. The van der Waals surface area contributed by atoms with E-state index in [9.17, 15) is 9.18 Å². The summed E-state index contributed by atoms with van der Waals surface area (Å²) in [4.78, 5) is 20.4. The van der Waals surface area contributed by atoms with Gasteiger partial charge in [-0.25, -0.2) is 23.5 Å². The van der Waals surface area contributed by atoms with E-state index < -0.39 is 30.3 Å². The van der Waals surface area contributed by atoms with Crippen LogP contribution in [0, 0.1) is 11.7 Å². The number of nitrogens with one attached hydrogen (secondary N) is 3. The number of nitrogens with zero attached hydrogens (tertiary/aromatic N) is 4. The second-order valence-corrected chi connectivity index (χ2v) is 9.15. The molecule has 3 aromatic heterocycles. The normalized spacial score (nSPS) is 29.5. The highest BCUT2D eigenvalue weighted by Crippen LogP contribution is 2.57. The van der Waals surface area contributed by atoms with Crippen molar-refractivity contribution in [2.75, 3.05) is 19.0 Å². The van der Waals surface area contributed by atoms with E-state index in [0.29, 0.717) is 23.1 Å². The summed E-state index contributed by atoms with van der Waals surface area (Å²) in [6.07, 6.45) is 1.40. The molecule has 34 heavy (non-hydrogen) atoms. The molecule has 3 aromatic rings. The van der Waals surface area contributed by atoms with Gasteiger partial charge in [0.15, 0.2) is 29.6 Å². The minimum atomic E-state index is -1.56. The molecule has 7 rings (SSSR count). The van der Waals surface area contributed by atoms with Crippen LogP contribution in [0.2, 0.25) is 0 Å². The molecule has 11 nitrogen and oxygen atoms in total. The SMILES string of the molecule is COCc1cn2c(Nc3cc([C@@H]4OC[C@H](OC(=O)NC56CC(C5)C6)[C@@H]4F)[nH]n3)ncc(F)c2n1. The van der Waals surface area contributed by atoms with Crippen molar-refractivity contribution in [3.63, 3.8) is 0 Å². The summed E-state index contributed by atoms with van der Waals surface area (Å²) >= 11 is 0. The fourth-order valence-electron chi connectivity index (χ4n) is 4.92. The topological polar surface area (TPSA) is 128 Å². The number of alkyl carbamates (subject to hydrolysis) is 1. The molecule has 13 heteroatoms. The number of aromatic amines is 1. The van der Waals surface area contributed by atoms with Gasteiger partial charge >= 0.3 is 6.09 Å². The van der Waals surface area contributed by atoms with Crippen molar-refractivity contribution in [3.05, 3.63) is 35.7 Å². The number of H-pyrrole nitrogens is 1. The summed E-state index contributed by atoms with van der Waals surface area (Å²) in [5, 5.41) is 12.7. The molecule has 0 spiro atoms. The number of fused-ring (bicyclic) bond motifs is 1. The van der Waals surface area contributed by atoms with Gasteiger partial charge in [0.05, 0.1) is 30.8 Å². The van der Waals surface area contributed by atoms with Crippen molar-refractivity contribution >= 4 is 23.5 Å². The number of carbonyl (C=O) groups excluding carboxylic acids is 1. The third kappa shape index (κ3) is 3.55. The van der Waals surface area contributed by atoms with Crippen molar-refractivity contribution in [3.8, 4) is 0 Å². The van der Waals surface area contributed by atoms with Crippen LogP contribution in [0.5, 0.6) is 0 Å². The molecule has 4 aliphatic rings. The van der Waals surface area contributed by atoms with Crippen LogP contribution in [-0.2, 0) is 20.8 Å². The Morgan fingerprint density at radius 1 is 1.41 bits per heavy atom. The van der Waals surface area contributed by atoms with Crippen molar-refractivity contribution in [1.82, 2.24) is 29.9 Å². The van der Waals surface area contributed by atoms with E-state index in [1.807, 2.05) is 0 Å². The number of hydrogen-bond acceptors (Lipinski definition) is 8. The maximum Gasteiger partial charge on any atom is 0.408 e. The highest BCUT2D eigenvalue weighted by atomic mass is 19.1. The van der Waals surface area contributed by atoms with Gasteiger partial charge in [-0.05, 0) is 25.2 Å². The zero-order chi connectivity index (χ0) is 23.4. The van der Waals surface area contributed by atoms with E-state index in [1.54, 1.807) is 12.3 Å². The largest absolute Gasteiger partial charge is 0.441 e. The zero-order valence-corrected chi connectivity index (χ0v) is 18.3. The van der Waals surface area contributed by atoms with E-state index in [2.05, 4.69) is 30.8 Å². The number of amides is 1. The summed E-state index contributed by atoms with van der Waals surface area (Å²) in [5.74, 6) is 0.706. The lowest BCUT2D eigenvalue weighted by atomic mass is 9.50. The minimum absolute atomic E-state index is 0.0614. The number of carbonyl (C=O) groups is 1. The molecule has 4 fully saturated rings. The Bertz CT molecular complexity index is 1230. The summed E-state index contributed by atoms with van der Waals surface area (Å²) < 4.78 is 46.5. The first-order chi connectivity index (χ1) is 16.4. The van der Waals surface area contributed by atoms with Gasteiger partial charge in [0.25, 0.3) is 0 Å². The number of imidazole rings is 1. The molecule has 4 heterocycles. The number of anilines is 2. The van der Waals surface area contributed by atoms with Gasteiger partial charge in [-0.2, -0.15) is 5.10 Å². The van der Waals surface area contributed by atoms with Gasteiger partial charge in [-0.15, -0.1) is 0 Å². The van der Waals surface area contributed by atoms with Crippen molar-refractivity contribution < 1.29 is 27.8 Å². The molecular weight excluding hydrogens is 452 g/mol. The molecule has 2 bridgehead atoms. The van der Waals surface area contributed by atoms with Gasteiger partial charge < -0.3 is 24.8 Å². The summed E-state index contributed by atoms with van der Waals surface area (Å²) in [6, 6.07) is 1.56. The second kappa shape index (κ2) is 7.87. The Morgan fingerprint density at radius 2 is 2.24 bits per heavy atom. The van der Waals surface area contributed by atoms with E-state index in [-0.39, 0.29) is 30.3 Å². The Morgan fingerprint density at radius 3 is 2.97 bits per heavy atom. The lowest BCUT2D eigenvalue weighted by molar-refractivity contribution is -0.0528. The third-order valence-electron chi connectivity index (χ3n) is 6.68. The molecule has 0 unspecified atom stereocenters. The molecule has 0 aromatic carbocycles. The monoisotopic (exact) mass is 475 g/mol. The standard InChI is InChI=1S/C21H23F2N7O4/c1-32-8-11-7-30-18(25-11)12(22)6-24-19(30)26-15-2-13(28-29-15)17-16(23)14(9-33-17)34-20(31)27-21-3-10(4-21)5-21/h2,6-7,10,14,16-17H,3-5,8-9H2,1H3,(H,27,31)(H2,24,26,28,29)/t10?,14-,16-,17-,21?/m0/s1. The number of methoxy groups -OCH3 is 1. The molecule has 0 radical (unpaired) electrons. The van der Waals surface area contributed by atoms with E-state index in [0.717, 1.165) is 25.5 Å². The van der Waals surface area contributed by atoms with Crippen LogP contribution in [-0.4, -0.2) is 62.2 Å². The van der Waals surface area contributed by atoms with Crippen molar-refractivity contribution in [2.45, 2.75) is 49.8 Å². The number of ether oxygens (including phenoxy) is 3. The molecule has 1 aliphatic heterocycles. The van der Waals surface area contributed by atoms with Gasteiger partial charge in [-0.1, -0.05) is 0 Å². The van der Waals surface area contributed by atoms with Gasteiger partial charge in [0, 0.05) is 24.9 Å². The van der Waals surface area contributed by atoms with Gasteiger partial charge in [0.1, 0.15) is 6.10 Å². The highest BCUT2D eigenvalue weighted by Gasteiger charge is 2.58. The predicted molar refractivity (Wildman–Crippen MR) is 113 cm³/mol. The lowest BCUT2D eigenvalue weighted by Crippen LogP contribution is -2.68. The number of hydrogen-bond donors (Lipinski definition) is 3. The van der Waals surface area contributed by atoms with E-state index in [1.165, 1.54) is 11.5 Å². The molecule has 1 saturated heterocycles. The van der Waals surface area contributed by atoms with Crippen molar-refractivity contribution in [2.24, 2.45) is 5.92 Å². The predicted octanol–water partition coefficient (Wildman–Crippen LogP) is 2.54. The summed E-state index contributed by atoms with van der Waals surface area (Å²) in [6.45, 7) is 0.154. The van der Waals surface area contributed by atoms with Crippen LogP contribution in [0.25, 0.3) is 5.65 Å². The number of halogens is 2. The van der Waals surface area contributed by atoms with E-state index >= 15 is 4.39 Å². The first-order valence-corrected chi connectivity index (χ1v) is 11.0. The molecule has 3 atom stereocenters. The fraction of sp³-hybridized carbons (Fsp3) is 0.524. The van der Waals surface area contributed by atoms with Crippen LogP contribution in [0.1, 0.15) is 36.8 Å². The minimum Gasteiger partial charge on any atom is -0.441 e. The van der Waals surface area contributed by atoms with Gasteiger partial charge in [0.2, 0.25) is 5.95 Å². The molecular formula is C21H23F2N7O4. The van der Waals surface area contributed by atoms with E-state index in [4.69, 9.17) is 14.2 Å². The first-order valence-electron chi connectivity index (χ1n) is 11.0. The quantitative estimate of drug-likeness (QED) is 0.476. The molecule has 3 N–H and O–H groups in total. The smallest absolute Gasteiger partial charge is 0.408 e. The van der Waals surface area contributed by atoms with Crippen LogP contribution >= 0.6 is 0 Å². The number of rotatable bonds is 7. The Labute approximate surface area is 192 Å². The van der Waals surface area contributed by atoms with Gasteiger partial charge in [-0.3, -0.25) is 9.50 Å². The van der Waals surface area contributed by atoms with Crippen LogP contribution in [0.3, 0.4) is 0 Å². The molecule has 3 saturated carbocycles. The molecule has 1 amide bonds. The Kier molecular flexibility index (Phi) is 4.92. The second-order valence-electron chi connectivity index (χ2n) is 9.15. The fourth-order valence-corrected chi connectivity index (χ4v) is 4.92. The van der Waals surface area contributed by atoms with Crippen LogP contribution in [0.4, 0.5) is 25.3 Å².